The number of H-pyrrole nitrogens is 1. The lowest BCUT2D eigenvalue weighted by molar-refractivity contribution is 0.582. The van der Waals surface area contributed by atoms with E-state index in [-0.39, 0.29) is 22.3 Å². The first-order valence-corrected chi connectivity index (χ1v) is 8.83. The average molecular weight is 353 g/mol. The monoisotopic (exact) mass is 352 g/mol. The molecule has 3 aromatic rings. The van der Waals surface area contributed by atoms with Crippen molar-refractivity contribution in [2.24, 2.45) is 0 Å². The maximum Gasteiger partial charge on any atom is 0.242 e. The number of rotatable bonds is 5. The van der Waals surface area contributed by atoms with Gasteiger partial charge in [-0.05, 0) is 42.3 Å². The number of hydrogen-bond donors (Lipinski definition) is 2. The summed E-state index contributed by atoms with van der Waals surface area (Å²) >= 11 is 5.92. The lowest BCUT2D eigenvalue weighted by atomic mass is 10.1. The van der Waals surface area contributed by atoms with Gasteiger partial charge in [-0.15, -0.1) is 0 Å². The van der Waals surface area contributed by atoms with Gasteiger partial charge in [-0.1, -0.05) is 23.7 Å². The highest BCUT2D eigenvalue weighted by molar-refractivity contribution is 7.89. The molecule has 7 heteroatoms. The van der Waals surface area contributed by atoms with Crippen molar-refractivity contribution in [3.05, 3.63) is 65.1 Å². The van der Waals surface area contributed by atoms with E-state index in [0.717, 1.165) is 10.9 Å². The highest BCUT2D eigenvalue weighted by Gasteiger charge is 2.16. The normalized spacial score (nSPS) is 11.9. The van der Waals surface area contributed by atoms with Crippen LogP contribution in [0.5, 0.6) is 0 Å². The second-order valence-electron chi connectivity index (χ2n) is 5.08. The molecule has 1 heterocycles. The van der Waals surface area contributed by atoms with E-state index in [1.54, 1.807) is 24.4 Å². The molecule has 0 unspecified atom stereocenters. The molecule has 0 atom stereocenters. The van der Waals surface area contributed by atoms with Crippen LogP contribution >= 0.6 is 11.6 Å². The van der Waals surface area contributed by atoms with E-state index in [2.05, 4.69) is 9.71 Å². The van der Waals surface area contributed by atoms with Crippen molar-refractivity contribution in [3.8, 4) is 0 Å². The molecule has 0 amide bonds. The summed E-state index contributed by atoms with van der Waals surface area (Å²) in [5, 5.41) is 1.06. The van der Waals surface area contributed by atoms with Gasteiger partial charge in [0, 0.05) is 23.6 Å². The smallest absolute Gasteiger partial charge is 0.242 e. The molecule has 0 bridgehead atoms. The molecule has 120 valence electrons. The SMILES string of the molecule is O=S(=O)(NCCc1c[nH]c2cc(F)ccc12)c1ccccc1Cl. The maximum absolute atomic E-state index is 13.2. The Kier molecular flexibility index (Phi) is 4.39. The van der Waals surface area contributed by atoms with E-state index >= 15 is 0 Å². The fourth-order valence-electron chi connectivity index (χ4n) is 2.43. The average Bonchev–Trinajstić information content (AvgIpc) is 2.89. The molecule has 23 heavy (non-hydrogen) atoms. The molecular weight excluding hydrogens is 339 g/mol. The lowest BCUT2D eigenvalue weighted by Gasteiger charge is -2.07. The fraction of sp³-hybridized carbons (Fsp3) is 0.125. The van der Waals surface area contributed by atoms with Crippen molar-refractivity contribution < 1.29 is 12.8 Å². The molecule has 0 radical (unpaired) electrons. The highest BCUT2D eigenvalue weighted by Crippen LogP contribution is 2.21. The summed E-state index contributed by atoms with van der Waals surface area (Å²) in [6.45, 7) is 0.220. The first kappa shape index (κ1) is 16.0. The first-order chi connectivity index (χ1) is 11.0. The third kappa shape index (κ3) is 3.39. The number of nitrogens with one attached hydrogen (secondary N) is 2. The largest absolute Gasteiger partial charge is 0.361 e. The molecule has 0 aliphatic carbocycles. The molecule has 0 aliphatic rings. The van der Waals surface area contributed by atoms with E-state index in [0.29, 0.717) is 11.9 Å². The van der Waals surface area contributed by atoms with E-state index in [1.807, 2.05) is 0 Å². The van der Waals surface area contributed by atoms with Crippen LogP contribution in [0.1, 0.15) is 5.56 Å². The fourth-order valence-corrected chi connectivity index (χ4v) is 3.98. The summed E-state index contributed by atoms with van der Waals surface area (Å²) in [4.78, 5) is 3.04. The maximum atomic E-state index is 13.2. The Labute approximate surface area is 138 Å². The molecule has 0 fully saturated rings. The number of hydrogen-bond acceptors (Lipinski definition) is 2. The van der Waals surface area contributed by atoms with Gasteiger partial charge in [-0.3, -0.25) is 0 Å². The van der Waals surface area contributed by atoms with Gasteiger partial charge in [0.05, 0.1) is 5.02 Å². The summed E-state index contributed by atoms with van der Waals surface area (Å²) in [7, 11) is -3.66. The standard InChI is InChI=1S/C16H14ClFN2O2S/c17-14-3-1-2-4-16(14)23(21,22)20-8-7-11-10-19-15-9-12(18)5-6-13(11)15/h1-6,9-10,19-20H,7-8H2. The minimum absolute atomic E-state index is 0.0580. The second kappa shape index (κ2) is 6.31. The molecule has 0 saturated heterocycles. The van der Waals surface area contributed by atoms with E-state index in [9.17, 15) is 12.8 Å². The van der Waals surface area contributed by atoms with Crippen molar-refractivity contribution in [1.29, 1.82) is 0 Å². The third-order valence-corrected chi connectivity index (χ3v) is 5.50. The number of aromatic amines is 1. The minimum Gasteiger partial charge on any atom is -0.361 e. The zero-order chi connectivity index (χ0) is 16.4. The molecule has 4 nitrogen and oxygen atoms in total. The van der Waals surface area contributed by atoms with Gasteiger partial charge in [0.15, 0.2) is 0 Å². The predicted octanol–water partition coefficient (Wildman–Crippen LogP) is 3.48. The van der Waals surface area contributed by atoms with Crippen LogP contribution in [-0.4, -0.2) is 19.9 Å². The third-order valence-electron chi connectivity index (χ3n) is 3.54. The number of fused-ring (bicyclic) bond motifs is 1. The number of benzene rings is 2. The van der Waals surface area contributed by atoms with Gasteiger partial charge in [0.1, 0.15) is 10.7 Å². The summed E-state index contributed by atoms with van der Waals surface area (Å²) in [5.74, 6) is -0.315. The van der Waals surface area contributed by atoms with Crippen LogP contribution in [0.2, 0.25) is 5.02 Å². The molecule has 3 rings (SSSR count). The molecule has 0 saturated carbocycles. The van der Waals surface area contributed by atoms with Crippen molar-refractivity contribution >= 4 is 32.5 Å². The minimum atomic E-state index is -3.66. The van der Waals surface area contributed by atoms with Crippen molar-refractivity contribution in [1.82, 2.24) is 9.71 Å². The Bertz CT molecular complexity index is 954. The van der Waals surface area contributed by atoms with Crippen LogP contribution in [-0.2, 0) is 16.4 Å². The number of sulfonamides is 1. The van der Waals surface area contributed by atoms with Crippen LogP contribution < -0.4 is 4.72 Å². The number of aromatic nitrogens is 1. The summed E-state index contributed by atoms with van der Waals surface area (Å²) in [6, 6.07) is 10.8. The number of halogens is 2. The highest BCUT2D eigenvalue weighted by atomic mass is 35.5. The Hall–Kier alpha value is -1.89. The van der Waals surface area contributed by atoms with E-state index in [1.165, 1.54) is 24.3 Å². The van der Waals surface area contributed by atoms with Crippen LogP contribution in [0, 0.1) is 5.82 Å². The zero-order valence-corrected chi connectivity index (χ0v) is 13.6. The van der Waals surface area contributed by atoms with Crippen LogP contribution in [0.3, 0.4) is 0 Å². The van der Waals surface area contributed by atoms with Gasteiger partial charge in [0.25, 0.3) is 0 Å². The summed E-state index contributed by atoms with van der Waals surface area (Å²) in [6.07, 6.45) is 2.24. The Balaban J connectivity index is 1.72. The van der Waals surface area contributed by atoms with E-state index < -0.39 is 10.0 Å². The van der Waals surface area contributed by atoms with E-state index in [4.69, 9.17) is 11.6 Å². The Morgan fingerprint density at radius 1 is 1.17 bits per heavy atom. The summed E-state index contributed by atoms with van der Waals surface area (Å²) in [5.41, 5.74) is 1.61. The molecular formula is C16H14ClFN2O2S. The first-order valence-electron chi connectivity index (χ1n) is 6.97. The second-order valence-corrected chi connectivity index (χ2v) is 7.22. The van der Waals surface area contributed by atoms with Gasteiger partial charge in [-0.2, -0.15) is 0 Å². The van der Waals surface area contributed by atoms with Crippen molar-refractivity contribution in [3.63, 3.8) is 0 Å². The quantitative estimate of drug-likeness (QED) is 0.738. The molecule has 2 N–H and O–H groups in total. The molecule has 0 spiro atoms. The van der Waals surface area contributed by atoms with Gasteiger partial charge in [-0.25, -0.2) is 17.5 Å². The van der Waals surface area contributed by atoms with Crippen molar-refractivity contribution in [2.75, 3.05) is 6.54 Å². The molecule has 0 aliphatic heterocycles. The van der Waals surface area contributed by atoms with Gasteiger partial charge in [0.2, 0.25) is 10.0 Å². The summed E-state index contributed by atoms with van der Waals surface area (Å²) < 4.78 is 40.2. The topological polar surface area (TPSA) is 62.0 Å². The Morgan fingerprint density at radius 2 is 1.96 bits per heavy atom. The molecule has 1 aromatic heterocycles. The lowest BCUT2D eigenvalue weighted by Crippen LogP contribution is -2.26. The van der Waals surface area contributed by atoms with Crippen LogP contribution in [0.4, 0.5) is 4.39 Å². The van der Waals surface area contributed by atoms with Gasteiger partial charge >= 0.3 is 0 Å². The zero-order valence-electron chi connectivity index (χ0n) is 12.0. The molecule has 2 aromatic carbocycles. The Morgan fingerprint density at radius 3 is 2.74 bits per heavy atom. The predicted molar refractivity (Wildman–Crippen MR) is 88.6 cm³/mol. The van der Waals surface area contributed by atoms with Gasteiger partial charge < -0.3 is 4.98 Å². The van der Waals surface area contributed by atoms with Crippen LogP contribution in [0.15, 0.2) is 53.6 Å². The van der Waals surface area contributed by atoms with Crippen molar-refractivity contribution in [2.45, 2.75) is 11.3 Å². The van der Waals surface area contributed by atoms with Crippen LogP contribution in [0.25, 0.3) is 10.9 Å².